The maximum Gasteiger partial charge on any atom is 0.356 e. The van der Waals surface area contributed by atoms with Crippen LogP contribution >= 0.6 is 11.8 Å². The molecule has 0 spiro atoms. The highest BCUT2D eigenvalue weighted by atomic mass is 32.2. The van der Waals surface area contributed by atoms with Crippen LogP contribution in [-0.4, -0.2) is 40.6 Å². The van der Waals surface area contributed by atoms with E-state index in [2.05, 4.69) is 0 Å². The molecule has 0 saturated carbocycles. The second-order valence-corrected chi connectivity index (χ2v) is 9.45. The van der Waals surface area contributed by atoms with Crippen molar-refractivity contribution in [2.75, 3.05) is 5.75 Å². The maximum atomic E-state index is 13.0. The molecule has 8 heteroatoms. The molecule has 2 N–H and O–H groups in total. The number of hydrogen-bond donors (Lipinski definition) is 1. The molecule has 34 heavy (non-hydrogen) atoms. The van der Waals surface area contributed by atoms with Gasteiger partial charge in [0.1, 0.15) is 25.0 Å². The van der Waals surface area contributed by atoms with Crippen molar-refractivity contribution in [3.63, 3.8) is 0 Å². The number of rotatable bonds is 10. The van der Waals surface area contributed by atoms with Crippen LogP contribution in [0.4, 0.5) is 0 Å². The van der Waals surface area contributed by atoms with Gasteiger partial charge in [-0.1, -0.05) is 67.6 Å². The van der Waals surface area contributed by atoms with Gasteiger partial charge < -0.3 is 20.1 Å². The molecule has 0 aliphatic carbocycles. The highest BCUT2D eigenvalue weighted by molar-refractivity contribution is 8.03. The van der Waals surface area contributed by atoms with Crippen LogP contribution in [0.15, 0.2) is 71.3 Å². The fourth-order valence-electron chi connectivity index (χ4n) is 4.21. The molecule has 2 aliphatic heterocycles. The molecule has 0 bridgehead atoms. The standard InChI is InChI=1S/C26H28N2O5S/c1-2-19-21-13-22(34-16-20(27)25(30)32-14-17-9-5-3-6-10-17)23(28(21)24(19)29)26(31)33-15-18-11-7-4-8-12-18/h3-12,19-21H,2,13-16,27H2,1H3. The summed E-state index contributed by atoms with van der Waals surface area (Å²) < 4.78 is 10.9. The maximum absolute atomic E-state index is 13.0. The SMILES string of the molecule is CCC1C(=O)N2C(C(=O)OCc3ccccc3)=C(SCC(N)C(=O)OCc3ccccc3)CC12. The van der Waals surface area contributed by atoms with Crippen LogP contribution in [0, 0.1) is 5.92 Å². The van der Waals surface area contributed by atoms with E-state index in [0.29, 0.717) is 6.42 Å². The molecular formula is C26H28N2O5S. The normalized spacial score (nSPS) is 19.9. The molecule has 3 unspecified atom stereocenters. The smallest absolute Gasteiger partial charge is 0.356 e. The summed E-state index contributed by atoms with van der Waals surface area (Å²) in [5.41, 5.74) is 8.10. The summed E-state index contributed by atoms with van der Waals surface area (Å²) in [4.78, 5) is 40.3. The van der Waals surface area contributed by atoms with Crippen molar-refractivity contribution in [1.82, 2.24) is 4.90 Å². The second-order valence-electron chi connectivity index (χ2n) is 8.34. The lowest BCUT2D eigenvalue weighted by atomic mass is 9.85. The zero-order valence-corrected chi connectivity index (χ0v) is 19.8. The first-order chi connectivity index (χ1) is 16.5. The third kappa shape index (κ3) is 5.18. The minimum atomic E-state index is -0.853. The molecule has 178 valence electrons. The summed E-state index contributed by atoms with van der Waals surface area (Å²) in [6.45, 7) is 2.24. The third-order valence-electron chi connectivity index (χ3n) is 6.06. The van der Waals surface area contributed by atoms with E-state index in [9.17, 15) is 14.4 Å². The van der Waals surface area contributed by atoms with Gasteiger partial charge >= 0.3 is 11.9 Å². The molecule has 2 aromatic rings. The highest BCUT2D eigenvalue weighted by Crippen LogP contribution is 2.47. The van der Waals surface area contributed by atoms with Crippen molar-refractivity contribution in [2.24, 2.45) is 11.7 Å². The number of benzene rings is 2. The van der Waals surface area contributed by atoms with Gasteiger partial charge in [0.25, 0.3) is 0 Å². The Morgan fingerprint density at radius 1 is 1.03 bits per heavy atom. The predicted octanol–water partition coefficient (Wildman–Crippen LogP) is 3.39. The zero-order valence-electron chi connectivity index (χ0n) is 19.0. The van der Waals surface area contributed by atoms with Gasteiger partial charge in [0.15, 0.2) is 0 Å². The van der Waals surface area contributed by atoms with Crippen molar-refractivity contribution in [1.29, 1.82) is 0 Å². The average molecular weight is 481 g/mol. The number of amides is 1. The summed E-state index contributed by atoms with van der Waals surface area (Å²) >= 11 is 1.32. The second kappa shape index (κ2) is 10.9. The number of carbonyl (C=O) groups is 3. The van der Waals surface area contributed by atoms with E-state index in [4.69, 9.17) is 15.2 Å². The van der Waals surface area contributed by atoms with Crippen molar-refractivity contribution in [2.45, 2.75) is 45.1 Å². The molecule has 0 aromatic heterocycles. The molecule has 4 rings (SSSR count). The van der Waals surface area contributed by atoms with Gasteiger partial charge in [0, 0.05) is 17.1 Å². The Hall–Kier alpha value is -3.10. The summed E-state index contributed by atoms with van der Waals surface area (Å²) in [7, 11) is 0. The molecule has 1 saturated heterocycles. The van der Waals surface area contributed by atoms with E-state index in [0.717, 1.165) is 22.5 Å². The molecule has 7 nitrogen and oxygen atoms in total. The van der Waals surface area contributed by atoms with E-state index >= 15 is 0 Å². The van der Waals surface area contributed by atoms with Gasteiger partial charge in [-0.25, -0.2) is 4.79 Å². The zero-order chi connectivity index (χ0) is 24.1. The monoisotopic (exact) mass is 480 g/mol. The molecule has 3 atom stereocenters. The van der Waals surface area contributed by atoms with Gasteiger partial charge in [0.05, 0.1) is 12.0 Å². The van der Waals surface area contributed by atoms with Gasteiger partial charge in [-0.15, -0.1) is 11.8 Å². The Morgan fingerprint density at radius 3 is 2.21 bits per heavy atom. The number of β-lactam (4-membered cyclic amide) rings is 1. The fraction of sp³-hybridized carbons (Fsp3) is 0.346. The Bertz CT molecular complexity index is 1070. The first-order valence-corrected chi connectivity index (χ1v) is 12.3. The minimum Gasteiger partial charge on any atom is -0.460 e. The van der Waals surface area contributed by atoms with Crippen LogP contribution < -0.4 is 5.73 Å². The van der Waals surface area contributed by atoms with Crippen LogP contribution in [0.1, 0.15) is 30.9 Å². The Labute approximate surface area is 203 Å². The summed E-state index contributed by atoms with van der Waals surface area (Å²) in [6, 6.07) is 17.9. The first kappa shape index (κ1) is 24.0. The highest BCUT2D eigenvalue weighted by Gasteiger charge is 2.54. The molecule has 2 aliphatic rings. The Balaban J connectivity index is 1.39. The number of carbonyl (C=O) groups excluding carboxylic acids is 3. The summed E-state index contributed by atoms with van der Waals surface area (Å²) in [5, 5.41) is 0. The van der Waals surface area contributed by atoms with Crippen LogP contribution in [0.2, 0.25) is 0 Å². The van der Waals surface area contributed by atoms with E-state index in [-0.39, 0.29) is 42.5 Å². The lowest BCUT2D eigenvalue weighted by molar-refractivity contribution is -0.157. The lowest BCUT2D eigenvalue weighted by Gasteiger charge is -2.43. The number of ether oxygens (including phenoxy) is 2. The van der Waals surface area contributed by atoms with Gasteiger partial charge in [-0.05, 0) is 17.5 Å². The molecular weight excluding hydrogens is 452 g/mol. The van der Waals surface area contributed by atoms with E-state index in [1.165, 1.54) is 11.8 Å². The van der Waals surface area contributed by atoms with Crippen LogP contribution in [-0.2, 0) is 37.1 Å². The summed E-state index contributed by atoms with van der Waals surface area (Å²) in [6.07, 6.45) is 1.28. The Morgan fingerprint density at radius 2 is 1.62 bits per heavy atom. The number of nitrogens with zero attached hydrogens (tertiary/aromatic N) is 1. The molecule has 2 heterocycles. The topological polar surface area (TPSA) is 98.9 Å². The quantitative estimate of drug-likeness (QED) is 0.411. The predicted molar refractivity (Wildman–Crippen MR) is 129 cm³/mol. The molecule has 0 radical (unpaired) electrons. The number of fused-ring (bicyclic) bond motifs is 1. The number of hydrogen-bond acceptors (Lipinski definition) is 7. The van der Waals surface area contributed by atoms with E-state index in [1.54, 1.807) is 4.90 Å². The van der Waals surface area contributed by atoms with Crippen molar-refractivity contribution >= 4 is 29.6 Å². The first-order valence-electron chi connectivity index (χ1n) is 11.4. The number of thioether (sulfide) groups is 1. The van der Waals surface area contributed by atoms with Gasteiger partial charge in [0.2, 0.25) is 5.91 Å². The van der Waals surface area contributed by atoms with Crippen LogP contribution in [0.5, 0.6) is 0 Å². The van der Waals surface area contributed by atoms with Crippen molar-refractivity contribution in [3.05, 3.63) is 82.4 Å². The average Bonchev–Trinajstić information content (AvgIpc) is 3.20. The molecule has 1 fully saturated rings. The minimum absolute atomic E-state index is 0.0412. The van der Waals surface area contributed by atoms with Gasteiger partial charge in [-0.2, -0.15) is 0 Å². The van der Waals surface area contributed by atoms with Crippen LogP contribution in [0.25, 0.3) is 0 Å². The molecule has 1 amide bonds. The summed E-state index contributed by atoms with van der Waals surface area (Å²) in [5.74, 6) is -0.948. The van der Waals surface area contributed by atoms with Crippen molar-refractivity contribution in [3.8, 4) is 0 Å². The van der Waals surface area contributed by atoms with Crippen LogP contribution in [0.3, 0.4) is 0 Å². The van der Waals surface area contributed by atoms with E-state index in [1.807, 2.05) is 67.6 Å². The lowest BCUT2D eigenvalue weighted by Crippen LogP contribution is -2.58. The van der Waals surface area contributed by atoms with Gasteiger partial charge in [-0.3, -0.25) is 9.59 Å². The number of esters is 2. The van der Waals surface area contributed by atoms with Crippen molar-refractivity contribution < 1.29 is 23.9 Å². The Kier molecular flexibility index (Phi) is 7.70. The van der Waals surface area contributed by atoms with E-state index < -0.39 is 18.0 Å². The fourth-order valence-corrected chi connectivity index (χ4v) is 5.33. The largest absolute Gasteiger partial charge is 0.460 e. The molecule has 2 aromatic carbocycles. The number of nitrogens with two attached hydrogens (primary N) is 1. The third-order valence-corrected chi connectivity index (χ3v) is 7.29.